The van der Waals surface area contributed by atoms with Crippen LogP contribution in [0.4, 0.5) is 13.6 Å². The highest BCUT2D eigenvalue weighted by atomic mass is 19.1. The molecule has 0 unspecified atom stereocenters. The van der Waals surface area contributed by atoms with Gasteiger partial charge in [-0.1, -0.05) is 6.07 Å². The minimum absolute atomic E-state index is 0.00435. The molecule has 0 fully saturated rings. The number of ether oxygens (including phenoxy) is 2. The zero-order chi connectivity index (χ0) is 18.7. The maximum absolute atomic E-state index is 14.3. The predicted octanol–water partition coefficient (Wildman–Crippen LogP) is 2.47. The lowest BCUT2D eigenvalue weighted by Gasteiger charge is -2.39. The molecule has 1 aliphatic heterocycles. The smallest absolute Gasteiger partial charge is 0.338 e. The van der Waals surface area contributed by atoms with Crippen molar-refractivity contribution in [1.29, 1.82) is 0 Å². The SMILES string of the molecule is COCCOC(=O)C1=C(C)N(C)C(=O)N(C)[C@@H]1c1c(F)cccc1F. The maximum Gasteiger partial charge on any atom is 0.338 e. The van der Waals surface area contributed by atoms with Gasteiger partial charge in [-0.25, -0.2) is 18.4 Å². The van der Waals surface area contributed by atoms with Crippen LogP contribution in [-0.2, 0) is 14.3 Å². The fourth-order valence-electron chi connectivity index (χ4n) is 2.73. The quantitative estimate of drug-likeness (QED) is 0.602. The number of hydrogen-bond acceptors (Lipinski definition) is 4. The van der Waals surface area contributed by atoms with Gasteiger partial charge in [0.05, 0.1) is 23.8 Å². The molecule has 1 aromatic rings. The van der Waals surface area contributed by atoms with Gasteiger partial charge in [-0.3, -0.25) is 0 Å². The fraction of sp³-hybridized carbons (Fsp3) is 0.412. The highest BCUT2D eigenvalue weighted by Crippen LogP contribution is 2.38. The molecule has 1 aromatic carbocycles. The fourth-order valence-corrected chi connectivity index (χ4v) is 2.73. The Bertz CT molecular complexity index is 700. The summed E-state index contributed by atoms with van der Waals surface area (Å²) < 4.78 is 38.6. The van der Waals surface area contributed by atoms with Crippen LogP contribution in [0.3, 0.4) is 0 Å². The van der Waals surface area contributed by atoms with E-state index in [1.165, 1.54) is 39.1 Å². The Morgan fingerprint density at radius 1 is 1.20 bits per heavy atom. The van der Waals surface area contributed by atoms with Gasteiger partial charge in [-0.15, -0.1) is 0 Å². The van der Waals surface area contributed by atoms with Crippen LogP contribution in [0.15, 0.2) is 29.5 Å². The topological polar surface area (TPSA) is 59.1 Å². The molecule has 0 saturated heterocycles. The Hall–Kier alpha value is -2.48. The summed E-state index contributed by atoms with van der Waals surface area (Å²) in [7, 11) is 4.31. The number of halogens is 2. The highest BCUT2D eigenvalue weighted by molar-refractivity contribution is 5.95. The van der Waals surface area contributed by atoms with Crippen molar-refractivity contribution >= 4 is 12.0 Å². The normalized spacial score (nSPS) is 18.0. The summed E-state index contributed by atoms with van der Waals surface area (Å²) in [5, 5.41) is 0. The molecule has 1 heterocycles. The maximum atomic E-state index is 14.3. The summed E-state index contributed by atoms with van der Waals surface area (Å²) in [4.78, 5) is 27.3. The van der Waals surface area contributed by atoms with Crippen LogP contribution in [0.25, 0.3) is 0 Å². The van der Waals surface area contributed by atoms with Crippen LogP contribution in [0.2, 0.25) is 0 Å². The molecule has 1 atom stereocenters. The summed E-state index contributed by atoms with van der Waals surface area (Å²) in [5.41, 5.74) is -0.0904. The van der Waals surface area contributed by atoms with Crippen molar-refractivity contribution < 1.29 is 27.8 Å². The Morgan fingerprint density at radius 2 is 1.80 bits per heavy atom. The molecule has 0 radical (unpaired) electrons. The second-order valence-corrected chi connectivity index (χ2v) is 5.62. The average molecular weight is 354 g/mol. The van der Waals surface area contributed by atoms with Gasteiger partial charge in [0, 0.05) is 26.9 Å². The van der Waals surface area contributed by atoms with E-state index in [1.807, 2.05) is 0 Å². The van der Waals surface area contributed by atoms with Gasteiger partial charge in [0.25, 0.3) is 0 Å². The number of nitrogens with zero attached hydrogens (tertiary/aromatic N) is 2. The van der Waals surface area contributed by atoms with Gasteiger partial charge in [0.2, 0.25) is 0 Å². The zero-order valence-corrected chi connectivity index (χ0v) is 14.5. The van der Waals surface area contributed by atoms with Crippen molar-refractivity contribution in [2.75, 3.05) is 34.4 Å². The van der Waals surface area contributed by atoms with Crippen LogP contribution in [-0.4, -0.2) is 56.2 Å². The zero-order valence-electron chi connectivity index (χ0n) is 14.5. The van der Waals surface area contributed by atoms with E-state index in [4.69, 9.17) is 9.47 Å². The third-order valence-corrected chi connectivity index (χ3v) is 4.16. The van der Waals surface area contributed by atoms with Crippen molar-refractivity contribution in [1.82, 2.24) is 9.80 Å². The third kappa shape index (κ3) is 3.48. The molecular weight excluding hydrogens is 334 g/mol. The largest absolute Gasteiger partial charge is 0.460 e. The van der Waals surface area contributed by atoms with E-state index in [0.29, 0.717) is 0 Å². The number of urea groups is 1. The minimum atomic E-state index is -1.22. The van der Waals surface area contributed by atoms with Crippen molar-refractivity contribution in [3.8, 4) is 0 Å². The van der Waals surface area contributed by atoms with Crippen LogP contribution >= 0.6 is 0 Å². The number of carbonyl (C=O) groups excluding carboxylic acids is 2. The molecule has 1 aliphatic rings. The molecule has 8 heteroatoms. The molecule has 2 amide bonds. The second kappa shape index (κ2) is 7.60. The molecule has 2 rings (SSSR count). The van der Waals surface area contributed by atoms with E-state index >= 15 is 0 Å². The molecule has 0 aromatic heterocycles. The number of esters is 1. The summed E-state index contributed by atoms with van der Waals surface area (Å²) in [5.74, 6) is -2.44. The van der Waals surface area contributed by atoms with Crippen LogP contribution in [0.1, 0.15) is 18.5 Å². The van der Waals surface area contributed by atoms with E-state index in [1.54, 1.807) is 0 Å². The minimum Gasteiger partial charge on any atom is -0.460 e. The lowest BCUT2D eigenvalue weighted by Crippen LogP contribution is -2.47. The molecule has 136 valence electrons. The van der Waals surface area contributed by atoms with Crippen molar-refractivity contribution in [3.05, 3.63) is 46.7 Å². The molecule has 0 saturated carbocycles. The first-order valence-corrected chi connectivity index (χ1v) is 7.62. The van der Waals surface area contributed by atoms with Crippen LogP contribution in [0.5, 0.6) is 0 Å². The molecule has 6 nitrogen and oxygen atoms in total. The monoisotopic (exact) mass is 354 g/mol. The first-order chi connectivity index (χ1) is 11.8. The molecule has 0 spiro atoms. The van der Waals surface area contributed by atoms with E-state index in [0.717, 1.165) is 17.0 Å². The number of allylic oxidation sites excluding steroid dienone is 1. The van der Waals surface area contributed by atoms with E-state index < -0.39 is 29.7 Å². The second-order valence-electron chi connectivity index (χ2n) is 5.62. The first kappa shape index (κ1) is 18.9. The lowest BCUT2D eigenvalue weighted by atomic mass is 9.93. The average Bonchev–Trinajstić information content (AvgIpc) is 2.57. The number of carbonyl (C=O) groups is 2. The van der Waals surface area contributed by atoms with Gasteiger partial charge in [0.1, 0.15) is 18.2 Å². The summed E-state index contributed by atoms with van der Waals surface area (Å²) >= 11 is 0. The van der Waals surface area contributed by atoms with Crippen molar-refractivity contribution in [2.24, 2.45) is 0 Å². The van der Waals surface area contributed by atoms with Gasteiger partial charge in [-0.05, 0) is 19.1 Å². The summed E-state index contributed by atoms with van der Waals surface area (Å²) in [6.45, 7) is 1.70. The van der Waals surface area contributed by atoms with E-state index in [9.17, 15) is 18.4 Å². The standard InChI is InChI=1S/C17H20F2N2O4/c1-10-13(16(22)25-9-8-24-4)15(21(3)17(23)20(10)2)14-11(18)6-5-7-12(14)19/h5-7,15H,8-9H2,1-4H3/t15-/m0/s1. The Kier molecular flexibility index (Phi) is 5.73. The van der Waals surface area contributed by atoms with E-state index in [-0.39, 0.29) is 30.0 Å². The van der Waals surface area contributed by atoms with Crippen LogP contribution < -0.4 is 0 Å². The number of rotatable bonds is 5. The number of benzene rings is 1. The number of likely N-dealkylation sites (N-methyl/N-ethyl adjacent to an activating group) is 1. The number of methoxy groups -OCH3 is 1. The van der Waals surface area contributed by atoms with Gasteiger partial charge >= 0.3 is 12.0 Å². The van der Waals surface area contributed by atoms with Crippen LogP contribution in [0, 0.1) is 11.6 Å². The van der Waals surface area contributed by atoms with Crippen molar-refractivity contribution in [3.63, 3.8) is 0 Å². The Balaban J connectivity index is 2.56. The van der Waals surface area contributed by atoms with E-state index in [2.05, 4.69) is 0 Å². The summed E-state index contributed by atoms with van der Waals surface area (Å²) in [6.07, 6.45) is 0. The van der Waals surface area contributed by atoms with Gasteiger partial charge in [0.15, 0.2) is 0 Å². The third-order valence-electron chi connectivity index (χ3n) is 4.16. The van der Waals surface area contributed by atoms with Gasteiger partial charge < -0.3 is 19.3 Å². The molecule has 0 aliphatic carbocycles. The Labute approximate surface area is 144 Å². The molecule has 0 bridgehead atoms. The summed E-state index contributed by atoms with van der Waals surface area (Å²) in [6, 6.07) is 1.67. The number of amides is 2. The highest BCUT2D eigenvalue weighted by Gasteiger charge is 2.41. The molecular formula is C17H20F2N2O4. The number of hydrogen-bond donors (Lipinski definition) is 0. The predicted molar refractivity (Wildman–Crippen MR) is 85.6 cm³/mol. The lowest BCUT2D eigenvalue weighted by molar-refractivity contribution is -0.141. The Morgan fingerprint density at radius 3 is 2.36 bits per heavy atom. The molecule has 25 heavy (non-hydrogen) atoms. The van der Waals surface area contributed by atoms with Gasteiger partial charge in [-0.2, -0.15) is 0 Å². The molecule has 0 N–H and O–H groups in total. The van der Waals surface area contributed by atoms with Crippen molar-refractivity contribution in [2.45, 2.75) is 13.0 Å². The first-order valence-electron chi connectivity index (χ1n) is 7.62.